The average Bonchev–Trinajstić information content (AvgIpc) is 2.27. The lowest BCUT2D eigenvalue weighted by Gasteiger charge is -2.34. The number of aliphatic hydroxyl groups is 1. The summed E-state index contributed by atoms with van der Waals surface area (Å²) in [6.07, 6.45) is 6.38. The number of hydrogen-bond donors (Lipinski definition) is 1. The van der Waals surface area contributed by atoms with Crippen molar-refractivity contribution < 1.29 is 5.11 Å². The van der Waals surface area contributed by atoms with E-state index in [9.17, 15) is 5.11 Å². The minimum absolute atomic E-state index is 0.537. The van der Waals surface area contributed by atoms with Crippen LogP contribution in [0.15, 0.2) is 24.3 Å². The molecule has 1 atom stereocenters. The zero-order valence-electron chi connectivity index (χ0n) is 9.50. The van der Waals surface area contributed by atoms with E-state index in [0.717, 1.165) is 38.5 Å². The second-order valence-corrected chi connectivity index (χ2v) is 4.65. The van der Waals surface area contributed by atoms with Gasteiger partial charge in [0, 0.05) is 0 Å². The van der Waals surface area contributed by atoms with E-state index in [1.54, 1.807) is 0 Å². The number of unbranched alkanes of at least 4 members (excludes halogenated alkanes) is 1. The summed E-state index contributed by atoms with van der Waals surface area (Å²) in [4.78, 5) is 0. The smallest absolute Gasteiger partial charge is 0.0899 e. The monoisotopic (exact) mass is 204 g/mol. The summed E-state index contributed by atoms with van der Waals surface area (Å²) < 4.78 is 0. The number of benzene rings is 1. The van der Waals surface area contributed by atoms with Crippen molar-refractivity contribution in [2.24, 2.45) is 0 Å². The normalized spacial score (nSPS) is 24.9. The Hall–Kier alpha value is -0.820. The van der Waals surface area contributed by atoms with E-state index in [1.165, 1.54) is 11.1 Å². The van der Waals surface area contributed by atoms with E-state index < -0.39 is 5.60 Å². The molecule has 0 saturated heterocycles. The lowest BCUT2D eigenvalue weighted by atomic mass is 9.76. The Morgan fingerprint density at radius 3 is 2.93 bits per heavy atom. The van der Waals surface area contributed by atoms with Crippen molar-refractivity contribution in [2.45, 2.75) is 51.0 Å². The van der Waals surface area contributed by atoms with Crippen LogP contribution < -0.4 is 0 Å². The van der Waals surface area contributed by atoms with E-state index in [4.69, 9.17) is 0 Å². The van der Waals surface area contributed by atoms with Gasteiger partial charge in [-0.05, 0) is 36.8 Å². The Bertz CT molecular complexity index is 332. The maximum Gasteiger partial charge on any atom is 0.0899 e. The number of fused-ring (bicyclic) bond motifs is 1. The van der Waals surface area contributed by atoms with E-state index in [1.807, 2.05) is 6.07 Å². The van der Waals surface area contributed by atoms with Gasteiger partial charge in [0.2, 0.25) is 0 Å². The molecule has 1 heteroatoms. The van der Waals surface area contributed by atoms with Gasteiger partial charge in [0.05, 0.1) is 5.60 Å². The molecule has 0 bridgehead atoms. The lowest BCUT2D eigenvalue weighted by Crippen LogP contribution is -2.30. The highest BCUT2D eigenvalue weighted by molar-refractivity contribution is 5.34. The Morgan fingerprint density at radius 2 is 2.13 bits per heavy atom. The third-order valence-electron chi connectivity index (χ3n) is 3.50. The van der Waals surface area contributed by atoms with Crippen molar-refractivity contribution in [1.82, 2.24) is 0 Å². The molecule has 0 spiro atoms. The summed E-state index contributed by atoms with van der Waals surface area (Å²) in [5.74, 6) is 0. The first-order valence-electron chi connectivity index (χ1n) is 6.07. The van der Waals surface area contributed by atoms with Crippen LogP contribution in [0.5, 0.6) is 0 Å². The maximum absolute atomic E-state index is 10.7. The van der Waals surface area contributed by atoms with Crippen LogP contribution in [0, 0.1) is 0 Å². The molecule has 82 valence electrons. The van der Waals surface area contributed by atoms with Crippen LogP contribution in [0.3, 0.4) is 0 Å². The molecule has 0 heterocycles. The fraction of sp³-hybridized carbons (Fsp3) is 0.571. The molecule has 1 aliphatic rings. The van der Waals surface area contributed by atoms with Gasteiger partial charge >= 0.3 is 0 Å². The fourth-order valence-electron chi connectivity index (χ4n) is 2.63. The average molecular weight is 204 g/mol. The first-order valence-corrected chi connectivity index (χ1v) is 6.07. The van der Waals surface area contributed by atoms with Crippen LogP contribution in [-0.2, 0) is 12.0 Å². The highest BCUT2D eigenvalue weighted by Crippen LogP contribution is 2.38. The number of hydrogen-bond acceptors (Lipinski definition) is 1. The van der Waals surface area contributed by atoms with Crippen LogP contribution in [-0.4, -0.2) is 5.11 Å². The topological polar surface area (TPSA) is 20.2 Å². The largest absolute Gasteiger partial charge is 0.385 e. The van der Waals surface area contributed by atoms with Crippen molar-refractivity contribution in [3.05, 3.63) is 35.4 Å². The first kappa shape index (κ1) is 10.7. The molecule has 1 aromatic rings. The van der Waals surface area contributed by atoms with Gasteiger partial charge in [-0.3, -0.25) is 0 Å². The molecule has 0 unspecified atom stereocenters. The summed E-state index contributed by atoms with van der Waals surface area (Å²) >= 11 is 0. The summed E-state index contributed by atoms with van der Waals surface area (Å²) in [6.45, 7) is 2.18. The predicted octanol–water partition coefficient (Wildman–Crippen LogP) is 3.40. The number of aryl methyl sites for hydroxylation is 1. The number of rotatable bonds is 3. The van der Waals surface area contributed by atoms with Crippen molar-refractivity contribution >= 4 is 0 Å². The van der Waals surface area contributed by atoms with Gasteiger partial charge in [0.1, 0.15) is 0 Å². The second kappa shape index (κ2) is 4.36. The molecule has 0 radical (unpaired) electrons. The van der Waals surface area contributed by atoms with Crippen LogP contribution in [0.25, 0.3) is 0 Å². The fourth-order valence-corrected chi connectivity index (χ4v) is 2.63. The highest BCUT2D eigenvalue weighted by atomic mass is 16.3. The molecule has 1 aromatic carbocycles. The molecule has 0 aliphatic heterocycles. The Balaban J connectivity index is 2.27. The van der Waals surface area contributed by atoms with Crippen LogP contribution >= 0.6 is 0 Å². The van der Waals surface area contributed by atoms with Crippen molar-refractivity contribution in [3.63, 3.8) is 0 Å². The molecule has 1 aliphatic carbocycles. The molecule has 2 rings (SSSR count). The molecule has 0 fully saturated rings. The van der Waals surface area contributed by atoms with Crippen molar-refractivity contribution in [3.8, 4) is 0 Å². The Labute approximate surface area is 92.1 Å². The van der Waals surface area contributed by atoms with E-state index >= 15 is 0 Å². The van der Waals surface area contributed by atoms with Crippen LogP contribution in [0.2, 0.25) is 0 Å². The molecule has 0 aromatic heterocycles. The molecule has 1 N–H and O–H groups in total. The molecular formula is C14H20O. The summed E-state index contributed by atoms with van der Waals surface area (Å²) in [6, 6.07) is 8.38. The molecule has 1 nitrogen and oxygen atoms in total. The minimum atomic E-state index is -0.537. The maximum atomic E-state index is 10.7. The van der Waals surface area contributed by atoms with Gasteiger partial charge in [0.25, 0.3) is 0 Å². The standard InChI is InChI=1S/C14H20O/c1-2-3-10-14(15)11-6-8-12-7-4-5-9-13(12)14/h4-5,7,9,15H,2-3,6,8,10-11H2,1H3/t14-/m1/s1. The third kappa shape index (κ3) is 2.07. The summed E-state index contributed by atoms with van der Waals surface area (Å²) in [5.41, 5.74) is 2.00. The van der Waals surface area contributed by atoms with Gasteiger partial charge in [0.15, 0.2) is 0 Å². The predicted molar refractivity (Wildman–Crippen MR) is 62.8 cm³/mol. The Kier molecular flexibility index (Phi) is 3.11. The quantitative estimate of drug-likeness (QED) is 0.800. The third-order valence-corrected chi connectivity index (χ3v) is 3.50. The van der Waals surface area contributed by atoms with Crippen LogP contribution in [0.4, 0.5) is 0 Å². The minimum Gasteiger partial charge on any atom is -0.385 e. The lowest BCUT2D eigenvalue weighted by molar-refractivity contribution is 0.00799. The van der Waals surface area contributed by atoms with Gasteiger partial charge in [-0.2, -0.15) is 0 Å². The van der Waals surface area contributed by atoms with E-state index in [2.05, 4.69) is 25.1 Å². The van der Waals surface area contributed by atoms with E-state index in [-0.39, 0.29) is 0 Å². The molecule has 0 saturated carbocycles. The molecular weight excluding hydrogens is 184 g/mol. The second-order valence-electron chi connectivity index (χ2n) is 4.65. The van der Waals surface area contributed by atoms with Crippen molar-refractivity contribution in [1.29, 1.82) is 0 Å². The SMILES string of the molecule is CCCC[C@@]1(O)CCCc2ccccc21. The summed E-state index contributed by atoms with van der Waals surface area (Å²) in [5, 5.41) is 10.7. The Morgan fingerprint density at radius 1 is 1.33 bits per heavy atom. The first-order chi connectivity index (χ1) is 7.26. The zero-order valence-corrected chi connectivity index (χ0v) is 9.50. The van der Waals surface area contributed by atoms with Crippen LogP contribution in [0.1, 0.15) is 50.2 Å². The zero-order chi connectivity index (χ0) is 10.7. The van der Waals surface area contributed by atoms with Gasteiger partial charge in [-0.15, -0.1) is 0 Å². The molecule has 0 amide bonds. The van der Waals surface area contributed by atoms with Gasteiger partial charge in [-0.1, -0.05) is 44.0 Å². The van der Waals surface area contributed by atoms with Gasteiger partial charge < -0.3 is 5.11 Å². The van der Waals surface area contributed by atoms with E-state index in [0.29, 0.717) is 0 Å². The molecule has 15 heavy (non-hydrogen) atoms. The van der Waals surface area contributed by atoms with Crippen molar-refractivity contribution in [2.75, 3.05) is 0 Å². The highest BCUT2D eigenvalue weighted by Gasteiger charge is 2.32. The summed E-state index contributed by atoms with van der Waals surface area (Å²) in [7, 11) is 0. The van der Waals surface area contributed by atoms with Gasteiger partial charge in [-0.25, -0.2) is 0 Å².